The Morgan fingerprint density at radius 1 is 1.00 bits per heavy atom. The second-order valence-electron chi connectivity index (χ2n) is 9.21. The number of rotatable bonds is 7. The summed E-state index contributed by atoms with van der Waals surface area (Å²) in [5, 5.41) is 15.3. The van der Waals surface area contributed by atoms with Crippen molar-refractivity contribution in [2.24, 2.45) is 17.0 Å². The van der Waals surface area contributed by atoms with E-state index in [0.29, 0.717) is 39.4 Å². The molecule has 37 heavy (non-hydrogen) atoms. The van der Waals surface area contributed by atoms with Crippen LogP contribution in [0.4, 0.5) is 0 Å². The Bertz CT molecular complexity index is 1520. The van der Waals surface area contributed by atoms with Gasteiger partial charge in [-0.2, -0.15) is 0 Å². The molecule has 2 unspecified atom stereocenters. The summed E-state index contributed by atoms with van der Waals surface area (Å²) in [6.45, 7) is 0.377. The number of carbonyl (C=O) groups is 1. The molecule has 186 valence electrons. The SMILES string of the molecule is O=C(O)c1ccc2cc(-c3ccc(OCC4C(c5c(Cl)cncc5Cl)=NOC4C4CC4)cc3)ccc2n1. The molecule has 0 bridgehead atoms. The summed E-state index contributed by atoms with van der Waals surface area (Å²) in [4.78, 5) is 25.2. The molecule has 1 aliphatic carbocycles. The topological polar surface area (TPSA) is 93.9 Å². The van der Waals surface area contributed by atoms with Gasteiger partial charge < -0.3 is 14.7 Å². The van der Waals surface area contributed by atoms with Gasteiger partial charge in [0.1, 0.15) is 29.9 Å². The van der Waals surface area contributed by atoms with Gasteiger partial charge in [-0.05, 0) is 60.2 Å². The zero-order valence-electron chi connectivity index (χ0n) is 19.5. The summed E-state index contributed by atoms with van der Waals surface area (Å²) < 4.78 is 6.20. The van der Waals surface area contributed by atoms with Crippen LogP contribution in [-0.4, -0.2) is 39.5 Å². The van der Waals surface area contributed by atoms with Crippen LogP contribution in [0.25, 0.3) is 22.0 Å². The molecule has 6 rings (SSSR count). The largest absolute Gasteiger partial charge is 0.493 e. The molecular formula is C28H21Cl2N3O4. The molecule has 1 aliphatic heterocycles. The molecule has 2 aromatic carbocycles. The van der Waals surface area contributed by atoms with Gasteiger partial charge in [0.2, 0.25) is 0 Å². The molecule has 0 spiro atoms. The van der Waals surface area contributed by atoms with Crippen molar-refractivity contribution in [3.8, 4) is 16.9 Å². The van der Waals surface area contributed by atoms with Crippen LogP contribution in [0.3, 0.4) is 0 Å². The van der Waals surface area contributed by atoms with Crippen molar-refractivity contribution in [1.82, 2.24) is 9.97 Å². The van der Waals surface area contributed by atoms with Gasteiger partial charge >= 0.3 is 5.97 Å². The number of pyridine rings is 2. The number of hydrogen-bond donors (Lipinski definition) is 1. The number of oxime groups is 1. The van der Waals surface area contributed by atoms with Gasteiger partial charge in [0.15, 0.2) is 0 Å². The van der Waals surface area contributed by atoms with Crippen LogP contribution in [0.2, 0.25) is 10.0 Å². The predicted molar refractivity (Wildman–Crippen MR) is 142 cm³/mol. The Kier molecular flexibility index (Phi) is 6.18. The minimum Gasteiger partial charge on any atom is -0.493 e. The van der Waals surface area contributed by atoms with Crippen molar-refractivity contribution in [1.29, 1.82) is 0 Å². The van der Waals surface area contributed by atoms with Gasteiger partial charge in [0.25, 0.3) is 0 Å². The number of carboxylic acids is 1. The predicted octanol–water partition coefficient (Wildman–Crippen LogP) is 6.51. The van der Waals surface area contributed by atoms with Gasteiger partial charge in [-0.25, -0.2) is 9.78 Å². The fraction of sp³-hybridized carbons (Fsp3) is 0.214. The quantitative estimate of drug-likeness (QED) is 0.291. The van der Waals surface area contributed by atoms with E-state index in [2.05, 4.69) is 15.1 Å². The Balaban J connectivity index is 1.19. The number of aromatic nitrogens is 2. The minimum absolute atomic E-state index is 0.0278. The van der Waals surface area contributed by atoms with Gasteiger partial charge in [-0.1, -0.05) is 52.6 Å². The Morgan fingerprint density at radius 2 is 1.73 bits per heavy atom. The monoisotopic (exact) mass is 533 g/mol. The van der Waals surface area contributed by atoms with Crippen molar-refractivity contribution < 1.29 is 19.5 Å². The van der Waals surface area contributed by atoms with Gasteiger partial charge in [0, 0.05) is 23.3 Å². The number of fused-ring (bicyclic) bond motifs is 1. The highest BCUT2D eigenvalue weighted by atomic mass is 35.5. The molecule has 2 atom stereocenters. The maximum absolute atomic E-state index is 11.2. The summed E-state index contributed by atoms with van der Waals surface area (Å²) >= 11 is 12.8. The standard InChI is InChI=1S/C28H21Cl2N3O4/c29-21-12-31-13-22(30)25(21)26-20(27(37-33-26)16-1-2-16)14-36-19-7-3-15(4-8-19)17-5-9-23-18(11-17)6-10-24(32-23)28(34)35/h3-13,16,20,27H,1-2,14H2,(H,34,35). The van der Waals surface area contributed by atoms with Gasteiger partial charge in [-0.3, -0.25) is 4.98 Å². The lowest BCUT2D eigenvalue weighted by molar-refractivity contribution is 0.0340. The summed E-state index contributed by atoms with van der Waals surface area (Å²) in [6, 6.07) is 16.9. The van der Waals surface area contributed by atoms with Crippen LogP contribution >= 0.6 is 23.2 Å². The van der Waals surface area contributed by atoms with Crippen molar-refractivity contribution >= 4 is 45.8 Å². The fourth-order valence-corrected chi connectivity index (χ4v) is 5.23. The number of hydrogen-bond acceptors (Lipinski definition) is 6. The van der Waals surface area contributed by atoms with Crippen LogP contribution in [0.15, 0.2) is 72.1 Å². The lowest BCUT2D eigenvalue weighted by Gasteiger charge is -2.20. The Hall–Kier alpha value is -3.68. The van der Waals surface area contributed by atoms with E-state index in [4.69, 9.17) is 37.9 Å². The molecule has 1 saturated carbocycles. The van der Waals surface area contributed by atoms with E-state index in [0.717, 1.165) is 35.1 Å². The van der Waals surface area contributed by atoms with E-state index in [9.17, 15) is 4.79 Å². The molecule has 0 amide bonds. The third-order valence-electron chi connectivity index (χ3n) is 6.74. The first-order valence-corrected chi connectivity index (χ1v) is 12.6. The first-order chi connectivity index (χ1) is 18.0. The maximum atomic E-state index is 11.2. The molecule has 1 fully saturated rings. The van der Waals surface area contributed by atoms with Crippen LogP contribution in [0.5, 0.6) is 5.75 Å². The lowest BCUT2D eigenvalue weighted by Crippen LogP contribution is -2.31. The van der Waals surface area contributed by atoms with E-state index in [-0.39, 0.29) is 17.7 Å². The van der Waals surface area contributed by atoms with Crippen LogP contribution in [-0.2, 0) is 4.84 Å². The number of nitrogens with zero attached hydrogens (tertiary/aromatic N) is 3. The van der Waals surface area contributed by atoms with E-state index in [1.54, 1.807) is 18.5 Å². The minimum atomic E-state index is -1.04. The lowest BCUT2D eigenvalue weighted by atomic mass is 9.91. The molecule has 0 radical (unpaired) electrons. The van der Waals surface area contributed by atoms with E-state index in [1.807, 2.05) is 42.5 Å². The van der Waals surface area contributed by atoms with Crippen molar-refractivity contribution in [3.63, 3.8) is 0 Å². The van der Waals surface area contributed by atoms with Crippen LogP contribution in [0, 0.1) is 11.8 Å². The molecule has 9 heteroatoms. The Morgan fingerprint density at radius 3 is 2.43 bits per heavy atom. The summed E-state index contributed by atoms with van der Waals surface area (Å²) in [5.41, 5.74) is 4.01. The van der Waals surface area contributed by atoms with Crippen molar-refractivity contribution in [2.75, 3.05) is 6.61 Å². The highest BCUT2D eigenvalue weighted by Gasteiger charge is 2.46. The summed E-state index contributed by atoms with van der Waals surface area (Å²) in [6.07, 6.45) is 5.26. The third kappa shape index (κ3) is 4.72. The highest BCUT2D eigenvalue weighted by molar-refractivity contribution is 6.40. The average Bonchev–Trinajstić information content (AvgIpc) is 3.67. The normalized spacial score (nSPS) is 18.9. The van der Waals surface area contributed by atoms with E-state index in [1.165, 1.54) is 6.07 Å². The summed E-state index contributed by atoms with van der Waals surface area (Å²) in [7, 11) is 0. The fourth-order valence-electron chi connectivity index (χ4n) is 4.67. The van der Waals surface area contributed by atoms with E-state index >= 15 is 0 Å². The van der Waals surface area contributed by atoms with E-state index < -0.39 is 5.97 Å². The van der Waals surface area contributed by atoms with Crippen molar-refractivity contribution in [2.45, 2.75) is 18.9 Å². The third-order valence-corrected chi connectivity index (χ3v) is 7.32. The summed E-state index contributed by atoms with van der Waals surface area (Å²) in [5.74, 6) is 0.0309. The molecule has 4 aromatic rings. The number of ether oxygens (including phenoxy) is 1. The molecule has 0 saturated heterocycles. The maximum Gasteiger partial charge on any atom is 0.354 e. The molecular weight excluding hydrogens is 513 g/mol. The van der Waals surface area contributed by atoms with Crippen LogP contribution < -0.4 is 4.74 Å². The average molecular weight is 534 g/mol. The van der Waals surface area contributed by atoms with Crippen molar-refractivity contribution in [3.05, 3.63) is 88.3 Å². The molecule has 2 aromatic heterocycles. The Labute approximate surface area is 222 Å². The molecule has 7 nitrogen and oxygen atoms in total. The second kappa shape index (κ2) is 9.65. The number of carboxylic acid groups (broad SMARTS) is 1. The van der Waals surface area contributed by atoms with Gasteiger partial charge in [-0.15, -0.1) is 0 Å². The zero-order valence-corrected chi connectivity index (χ0v) is 21.0. The molecule has 1 N–H and O–H groups in total. The molecule has 3 heterocycles. The van der Waals surface area contributed by atoms with Gasteiger partial charge in [0.05, 0.1) is 21.5 Å². The number of benzene rings is 2. The number of aromatic carboxylic acids is 1. The number of halogens is 2. The first-order valence-electron chi connectivity index (χ1n) is 11.9. The zero-order chi connectivity index (χ0) is 25.5. The molecule has 2 aliphatic rings. The smallest absolute Gasteiger partial charge is 0.354 e. The van der Waals surface area contributed by atoms with Crippen LogP contribution in [0.1, 0.15) is 28.9 Å². The highest BCUT2D eigenvalue weighted by Crippen LogP contribution is 2.43. The second-order valence-corrected chi connectivity index (χ2v) is 10.0. The first kappa shape index (κ1) is 23.7.